The molecule has 0 bridgehead atoms. The smallest absolute Gasteiger partial charge is 0.0600 e. The van der Waals surface area contributed by atoms with E-state index in [1.54, 1.807) is 0 Å². The maximum Gasteiger partial charge on any atom is 0.0600 e. The van der Waals surface area contributed by atoms with Gasteiger partial charge in [-0.3, -0.25) is 0 Å². The van der Waals surface area contributed by atoms with Crippen molar-refractivity contribution < 1.29 is 0 Å². The van der Waals surface area contributed by atoms with Crippen LogP contribution < -0.4 is 15.5 Å². The Morgan fingerprint density at radius 3 is 2.17 bits per heavy atom. The maximum absolute atomic E-state index is 3.40. The first kappa shape index (κ1) is 34.0. The Balaban J connectivity index is 1.06. The molecule has 0 saturated carbocycles. The summed E-state index contributed by atoms with van der Waals surface area (Å²) in [5.41, 5.74) is 20.9. The van der Waals surface area contributed by atoms with E-state index in [2.05, 4.69) is 208 Å². The Morgan fingerprint density at radius 2 is 1.31 bits per heavy atom. The monoisotopic (exact) mass is 746 g/mol. The van der Waals surface area contributed by atoms with Gasteiger partial charge in [0.05, 0.1) is 22.6 Å². The summed E-state index contributed by atoms with van der Waals surface area (Å²) in [6, 6.07) is 53.9. The molecule has 4 heteroatoms. The molecule has 58 heavy (non-hydrogen) atoms. The van der Waals surface area contributed by atoms with Crippen LogP contribution in [0.15, 0.2) is 200 Å². The average molecular weight is 747 g/mol. The van der Waals surface area contributed by atoms with Crippen LogP contribution in [0.2, 0.25) is 0 Å². The van der Waals surface area contributed by atoms with Crippen LogP contribution in [0.5, 0.6) is 0 Å². The molecule has 0 fully saturated rings. The van der Waals surface area contributed by atoms with Crippen molar-refractivity contribution in [3.63, 3.8) is 0 Å². The lowest BCUT2D eigenvalue weighted by atomic mass is 9.91. The second-order valence-electron chi connectivity index (χ2n) is 15.3. The molecular weight excluding hydrogens is 705 g/mol. The summed E-state index contributed by atoms with van der Waals surface area (Å²) < 4.78 is 2.50. The summed E-state index contributed by atoms with van der Waals surface area (Å²) in [6.45, 7) is 1.66. The summed E-state index contributed by atoms with van der Waals surface area (Å²) >= 11 is 0. The zero-order valence-corrected chi connectivity index (χ0v) is 32.2. The predicted molar refractivity (Wildman–Crippen MR) is 244 cm³/mol. The van der Waals surface area contributed by atoms with E-state index >= 15 is 0 Å². The van der Waals surface area contributed by atoms with E-state index in [-0.39, 0.29) is 0 Å². The Morgan fingerprint density at radius 1 is 0.569 bits per heavy atom. The van der Waals surface area contributed by atoms with Crippen molar-refractivity contribution in [3.8, 4) is 39.1 Å². The zero-order chi connectivity index (χ0) is 38.4. The zero-order valence-electron chi connectivity index (χ0n) is 32.2. The summed E-state index contributed by atoms with van der Waals surface area (Å²) in [4.78, 5) is 2.51. The molecule has 1 aliphatic carbocycles. The van der Waals surface area contributed by atoms with Crippen molar-refractivity contribution in [3.05, 3.63) is 217 Å². The van der Waals surface area contributed by atoms with E-state index in [0.717, 1.165) is 31.6 Å². The first-order valence-corrected chi connectivity index (χ1v) is 20.3. The van der Waals surface area contributed by atoms with Gasteiger partial charge >= 0.3 is 0 Å². The summed E-state index contributed by atoms with van der Waals surface area (Å²) in [5, 5.41) is 8.08. The molecule has 4 heterocycles. The number of rotatable bonds is 6. The molecule has 4 nitrogen and oxygen atoms in total. The molecule has 0 unspecified atom stereocenters. The van der Waals surface area contributed by atoms with Gasteiger partial charge in [-0.25, -0.2) is 0 Å². The SMILES string of the molecule is C1=CNCC(c2cc(C3=CNCC=C3)cc(-c3cccc(-c4cccc(N5C6=C(CCC=C6)c6c(c7ccccc7n6-c6ccccc6)-c6ccccc65)c4)c3)c2)=C1. The van der Waals surface area contributed by atoms with E-state index in [0.29, 0.717) is 0 Å². The molecule has 11 rings (SSSR count). The number of hydrogen-bond acceptors (Lipinski definition) is 3. The number of nitrogens with one attached hydrogen (secondary N) is 2. The van der Waals surface area contributed by atoms with Crippen molar-refractivity contribution >= 4 is 39.0 Å². The highest BCUT2D eigenvalue weighted by atomic mass is 15.2. The molecule has 0 saturated heterocycles. The number of fused-ring (bicyclic) bond motifs is 6. The molecule has 0 atom stereocenters. The van der Waals surface area contributed by atoms with Crippen molar-refractivity contribution in [2.75, 3.05) is 18.0 Å². The molecule has 6 aromatic carbocycles. The molecule has 7 aromatic rings. The van der Waals surface area contributed by atoms with E-state index in [1.165, 1.54) is 94.9 Å². The molecule has 0 radical (unpaired) electrons. The largest absolute Gasteiger partial charge is 0.387 e. The van der Waals surface area contributed by atoms with Gasteiger partial charge in [0.2, 0.25) is 0 Å². The third kappa shape index (κ3) is 5.84. The quantitative estimate of drug-likeness (QED) is 0.178. The second-order valence-corrected chi connectivity index (χ2v) is 15.3. The highest BCUT2D eigenvalue weighted by Gasteiger charge is 2.33. The number of dihydropyridines is 2. The van der Waals surface area contributed by atoms with Gasteiger partial charge in [-0.15, -0.1) is 0 Å². The van der Waals surface area contributed by atoms with Crippen molar-refractivity contribution in [2.45, 2.75) is 12.8 Å². The van der Waals surface area contributed by atoms with Gasteiger partial charge < -0.3 is 20.1 Å². The Hall–Kier alpha value is -7.30. The lowest BCUT2D eigenvalue weighted by Crippen LogP contribution is -2.18. The fourth-order valence-electron chi connectivity index (χ4n) is 9.19. The number of hydrogen-bond donors (Lipinski definition) is 2. The minimum Gasteiger partial charge on any atom is -0.387 e. The van der Waals surface area contributed by atoms with Gasteiger partial charge in [0.25, 0.3) is 0 Å². The number of anilines is 2. The fraction of sp³-hybridized carbons (Fsp3) is 0.0741. The van der Waals surface area contributed by atoms with Gasteiger partial charge in [0.1, 0.15) is 0 Å². The molecule has 2 N–H and O–H groups in total. The number of para-hydroxylation sites is 3. The first-order chi connectivity index (χ1) is 28.8. The number of benzene rings is 6. The normalized spacial score (nSPS) is 15.5. The minimum atomic E-state index is 0.807. The van der Waals surface area contributed by atoms with E-state index < -0.39 is 0 Å². The highest BCUT2D eigenvalue weighted by Crippen LogP contribution is 2.52. The van der Waals surface area contributed by atoms with Gasteiger partial charge in [0.15, 0.2) is 0 Å². The molecule has 3 aliphatic heterocycles. The standard InChI is InChI=1S/C54H42N4/c1-2-19-45(20-3-1)58-51-26-8-5-23-48(51)53-47-22-4-7-25-50(47)57(52-27-9-6-24-49(52)54(53)58)46-21-11-16-39(34-46)37-14-10-15-38(30-37)42-31-43(40-17-12-28-55-35-40)33-44(32-42)41-18-13-29-56-36-41/h1-5,7-23,25-28,30-34,36,55-56H,6,24,29,35H2. The van der Waals surface area contributed by atoms with Crippen LogP contribution in [0.25, 0.3) is 66.7 Å². The molecule has 0 spiro atoms. The number of allylic oxidation sites excluding steroid dienone is 7. The maximum atomic E-state index is 3.40. The van der Waals surface area contributed by atoms with Crippen LogP contribution in [-0.4, -0.2) is 17.7 Å². The van der Waals surface area contributed by atoms with Gasteiger partial charge in [0, 0.05) is 52.8 Å². The topological polar surface area (TPSA) is 32.2 Å². The summed E-state index contributed by atoms with van der Waals surface area (Å²) in [7, 11) is 0. The van der Waals surface area contributed by atoms with E-state index in [9.17, 15) is 0 Å². The minimum absolute atomic E-state index is 0.807. The molecular formula is C54H42N4. The third-order valence-corrected chi connectivity index (χ3v) is 11.8. The Labute approximate surface area is 339 Å². The Bertz CT molecular complexity index is 2950. The van der Waals surface area contributed by atoms with Crippen LogP contribution >= 0.6 is 0 Å². The lowest BCUT2D eigenvalue weighted by molar-refractivity contribution is 0.976. The van der Waals surface area contributed by atoms with E-state index in [4.69, 9.17) is 0 Å². The van der Waals surface area contributed by atoms with Crippen molar-refractivity contribution in [1.82, 2.24) is 15.2 Å². The van der Waals surface area contributed by atoms with Crippen molar-refractivity contribution in [1.29, 1.82) is 0 Å². The van der Waals surface area contributed by atoms with Crippen molar-refractivity contribution in [2.24, 2.45) is 0 Å². The van der Waals surface area contributed by atoms with Gasteiger partial charge in [-0.1, -0.05) is 109 Å². The van der Waals surface area contributed by atoms with Crippen LogP contribution in [0.4, 0.5) is 11.4 Å². The molecule has 4 aliphatic rings. The van der Waals surface area contributed by atoms with Crippen LogP contribution in [-0.2, 0) is 0 Å². The average Bonchev–Trinajstić information content (AvgIpc) is 3.59. The molecule has 0 amide bonds. The molecule has 278 valence electrons. The van der Waals surface area contributed by atoms with E-state index in [1.807, 2.05) is 6.20 Å². The van der Waals surface area contributed by atoms with Gasteiger partial charge in [-0.2, -0.15) is 0 Å². The predicted octanol–water partition coefficient (Wildman–Crippen LogP) is 12.8. The number of nitrogens with zero attached hydrogens (tertiary/aromatic N) is 2. The van der Waals surface area contributed by atoms with Gasteiger partial charge in [-0.05, 0) is 136 Å². The second kappa shape index (κ2) is 14.3. The Kier molecular flexibility index (Phi) is 8.40. The third-order valence-electron chi connectivity index (χ3n) is 11.8. The summed E-state index contributed by atoms with van der Waals surface area (Å²) in [5.74, 6) is 0. The lowest BCUT2D eigenvalue weighted by Gasteiger charge is -2.30. The highest BCUT2D eigenvalue weighted by molar-refractivity contribution is 6.09. The molecule has 1 aromatic heterocycles. The van der Waals surface area contributed by atoms with Crippen LogP contribution in [0.1, 0.15) is 29.7 Å². The van der Waals surface area contributed by atoms with Crippen LogP contribution in [0.3, 0.4) is 0 Å². The van der Waals surface area contributed by atoms with Crippen LogP contribution in [0, 0.1) is 0 Å². The fourth-order valence-corrected chi connectivity index (χ4v) is 9.19. The number of aromatic nitrogens is 1. The summed E-state index contributed by atoms with van der Waals surface area (Å²) in [6.07, 6.45) is 19.5. The first-order valence-electron chi connectivity index (χ1n) is 20.3.